The Kier molecular flexibility index (Phi) is 4.22. The maximum Gasteiger partial charge on any atom is 0.299 e. The molecule has 0 unspecified atom stereocenters. The van der Waals surface area contributed by atoms with E-state index in [0.717, 1.165) is 5.56 Å². The summed E-state index contributed by atoms with van der Waals surface area (Å²) in [5, 5.41) is 18.9. The molecule has 3 aromatic rings. The van der Waals surface area contributed by atoms with Crippen molar-refractivity contribution in [3.05, 3.63) is 52.5 Å². The summed E-state index contributed by atoms with van der Waals surface area (Å²) in [4.78, 5) is 15.0. The fraction of sp³-hybridized carbons (Fsp3) is 0.118. The van der Waals surface area contributed by atoms with Gasteiger partial charge in [0.1, 0.15) is 5.75 Å². The third kappa shape index (κ3) is 2.72. The summed E-state index contributed by atoms with van der Waals surface area (Å²) in [6.07, 6.45) is 0. The van der Waals surface area contributed by atoms with Crippen molar-refractivity contribution in [1.82, 2.24) is 4.98 Å². The van der Waals surface area contributed by atoms with Gasteiger partial charge in [0.15, 0.2) is 5.69 Å². The molecule has 0 saturated carbocycles. The van der Waals surface area contributed by atoms with Crippen LogP contribution in [0.2, 0.25) is 5.02 Å². The standard InChI is InChI=1S/C17H14ClN3O3/c1-9-12(18)8-7-11-14(9)19-17(23)15(11)20-21-16(22)10-5-3-4-6-13(10)24-2/h3-8,19,23H,1-2H3. The molecule has 0 aliphatic heterocycles. The summed E-state index contributed by atoms with van der Waals surface area (Å²) in [7, 11) is 1.47. The van der Waals surface area contributed by atoms with Crippen LogP contribution < -0.4 is 4.74 Å². The highest BCUT2D eigenvalue weighted by Crippen LogP contribution is 2.38. The average molecular weight is 344 g/mol. The molecule has 2 aromatic carbocycles. The molecule has 3 rings (SSSR count). The number of nitrogens with zero attached hydrogens (tertiary/aromatic N) is 2. The molecule has 0 saturated heterocycles. The molecule has 122 valence electrons. The van der Waals surface area contributed by atoms with E-state index in [4.69, 9.17) is 16.3 Å². The van der Waals surface area contributed by atoms with Gasteiger partial charge in [-0.05, 0) is 36.8 Å². The van der Waals surface area contributed by atoms with Crippen molar-refractivity contribution in [3.63, 3.8) is 0 Å². The second-order valence-electron chi connectivity index (χ2n) is 5.12. The molecule has 1 amide bonds. The van der Waals surface area contributed by atoms with Crippen LogP contribution in [0.1, 0.15) is 15.9 Å². The molecule has 0 aliphatic carbocycles. The highest BCUT2D eigenvalue weighted by Gasteiger charge is 2.15. The van der Waals surface area contributed by atoms with Crippen molar-refractivity contribution in [3.8, 4) is 11.6 Å². The Balaban J connectivity index is 2.01. The predicted octanol–water partition coefficient (Wildman–Crippen LogP) is 4.77. The lowest BCUT2D eigenvalue weighted by Gasteiger charge is -2.03. The van der Waals surface area contributed by atoms with E-state index < -0.39 is 5.91 Å². The number of hydrogen-bond acceptors (Lipinski definition) is 4. The summed E-state index contributed by atoms with van der Waals surface area (Å²) >= 11 is 6.07. The summed E-state index contributed by atoms with van der Waals surface area (Å²) in [5.74, 6) is -0.328. The zero-order valence-electron chi connectivity index (χ0n) is 13.0. The van der Waals surface area contributed by atoms with Gasteiger partial charge in [-0.3, -0.25) is 4.79 Å². The molecule has 0 atom stereocenters. The van der Waals surface area contributed by atoms with Crippen LogP contribution in [0.25, 0.3) is 10.9 Å². The topological polar surface area (TPSA) is 87.0 Å². The summed E-state index contributed by atoms with van der Waals surface area (Å²) in [6.45, 7) is 1.82. The van der Waals surface area contributed by atoms with Crippen LogP contribution in [0.5, 0.6) is 11.6 Å². The van der Waals surface area contributed by atoms with Crippen molar-refractivity contribution < 1.29 is 14.6 Å². The number of H-pyrrole nitrogens is 1. The highest BCUT2D eigenvalue weighted by molar-refractivity contribution is 6.32. The van der Waals surface area contributed by atoms with Gasteiger partial charge in [0.25, 0.3) is 5.91 Å². The molecule has 0 fully saturated rings. The third-order valence-electron chi connectivity index (χ3n) is 3.70. The molecule has 2 N–H and O–H groups in total. The minimum absolute atomic E-state index is 0.174. The van der Waals surface area contributed by atoms with E-state index in [2.05, 4.69) is 15.2 Å². The van der Waals surface area contributed by atoms with Crippen LogP contribution in [0.3, 0.4) is 0 Å². The predicted molar refractivity (Wildman–Crippen MR) is 91.6 cm³/mol. The largest absolute Gasteiger partial charge is 0.496 e. The molecule has 6 nitrogen and oxygen atoms in total. The fourth-order valence-electron chi connectivity index (χ4n) is 2.42. The van der Waals surface area contributed by atoms with Gasteiger partial charge in [0.2, 0.25) is 5.88 Å². The monoisotopic (exact) mass is 343 g/mol. The van der Waals surface area contributed by atoms with Crippen molar-refractivity contribution in [2.45, 2.75) is 6.92 Å². The SMILES string of the molecule is COc1ccccc1C(=O)N=Nc1c(O)[nH]c2c(C)c(Cl)ccc12. The number of amides is 1. The summed E-state index contributed by atoms with van der Waals surface area (Å²) < 4.78 is 5.13. The van der Waals surface area contributed by atoms with Crippen LogP contribution in [-0.2, 0) is 0 Å². The number of aromatic nitrogens is 1. The second kappa shape index (κ2) is 6.33. The number of azo groups is 1. The van der Waals surface area contributed by atoms with E-state index in [-0.39, 0.29) is 11.6 Å². The maximum absolute atomic E-state index is 12.2. The Hall–Kier alpha value is -2.86. The number of aryl methyl sites for hydroxylation is 1. The van der Waals surface area contributed by atoms with E-state index >= 15 is 0 Å². The van der Waals surface area contributed by atoms with E-state index in [1.807, 2.05) is 6.92 Å². The maximum atomic E-state index is 12.2. The van der Waals surface area contributed by atoms with Crippen LogP contribution in [0.4, 0.5) is 5.69 Å². The highest BCUT2D eigenvalue weighted by atomic mass is 35.5. The second-order valence-corrected chi connectivity index (χ2v) is 5.53. The number of para-hydroxylation sites is 1. The van der Waals surface area contributed by atoms with E-state index in [1.165, 1.54) is 7.11 Å². The number of fused-ring (bicyclic) bond motifs is 1. The van der Waals surface area contributed by atoms with Gasteiger partial charge >= 0.3 is 0 Å². The van der Waals surface area contributed by atoms with Gasteiger partial charge in [0, 0.05) is 10.4 Å². The van der Waals surface area contributed by atoms with E-state index in [0.29, 0.717) is 27.2 Å². The molecule has 0 aliphatic rings. The van der Waals surface area contributed by atoms with Crippen molar-refractivity contribution in [1.29, 1.82) is 0 Å². The van der Waals surface area contributed by atoms with Crippen molar-refractivity contribution >= 4 is 34.1 Å². The molecule has 0 radical (unpaired) electrons. The van der Waals surface area contributed by atoms with Crippen LogP contribution in [0, 0.1) is 6.92 Å². The Morgan fingerprint density at radius 2 is 2.00 bits per heavy atom. The minimum atomic E-state index is -0.563. The molecule has 24 heavy (non-hydrogen) atoms. The van der Waals surface area contributed by atoms with Gasteiger partial charge in [-0.1, -0.05) is 23.7 Å². The first-order chi connectivity index (χ1) is 11.5. The quantitative estimate of drug-likeness (QED) is 0.671. The van der Waals surface area contributed by atoms with Crippen molar-refractivity contribution in [2.75, 3.05) is 7.11 Å². The fourth-order valence-corrected chi connectivity index (χ4v) is 2.58. The lowest BCUT2D eigenvalue weighted by atomic mass is 10.1. The summed E-state index contributed by atoms with van der Waals surface area (Å²) in [5.41, 5.74) is 1.91. The van der Waals surface area contributed by atoms with Crippen LogP contribution in [-0.4, -0.2) is 23.1 Å². The number of aromatic amines is 1. The molecule has 1 aromatic heterocycles. The van der Waals surface area contributed by atoms with E-state index in [1.54, 1.807) is 36.4 Å². The minimum Gasteiger partial charge on any atom is -0.496 e. The first kappa shape index (κ1) is 16.0. The Labute approximate surface area is 142 Å². The smallest absolute Gasteiger partial charge is 0.299 e. The van der Waals surface area contributed by atoms with Gasteiger partial charge in [-0.25, -0.2) is 0 Å². The number of benzene rings is 2. The number of halogens is 1. The van der Waals surface area contributed by atoms with Gasteiger partial charge in [-0.2, -0.15) is 0 Å². The number of carbonyl (C=O) groups is 1. The number of rotatable bonds is 3. The molecule has 0 spiro atoms. The Morgan fingerprint density at radius 3 is 2.75 bits per heavy atom. The number of aromatic hydroxyl groups is 1. The number of methoxy groups -OCH3 is 1. The molecule has 7 heteroatoms. The molecule has 0 bridgehead atoms. The zero-order valence-corrected chi connectivity index (χ0v) is 13.8. The lowest BCUT2D eigenvalue weighted by molar-refractivity contribution is 0.0992. The zero-order chi connectivity index (χ0) is 17.3. The third-order valence-corrected chi connectivity index (χ3v) is 4.11. The number of ether oxygens (including phenoxy) is 1. The molecular weight excluding hydrogens is 330 g/mol. The van der Waals surface area contributed by atoms with E-state index in [9.17, 15) is 9.90 Å². The van der Waals surface area contributed by atoms with Crippen LogP contribution >= 0.6 is 11.6 Å². The van der Waals surface area contributed by atoms with Gasteiger partial charge in [0.05, 0.1) is 18.2 Å². The summed E-state index contributed by atoms with van der Waals surface area (Å²) in [6, 6.07) is 10.1. The number of carbonyl (C=O) groups excluding carboxylic acids is 1. The number of hydrogen-bond donors (Lipinski definition) is 2. The first-order valence-corrected chi connectivity index (χ1v) is 7.49. The normalized spacial score (nSPS) is 11.3. The average Bonchev–Trinajstić information content (AvgIpc) is 2.92. The van der Waals surface area contributed by atoms with Crippen LogP contribution in [0.15, 0.2) is 46.6 Å². The molecule has 1 heterocycles. The van der Waals surface area contributed by atoms with Gasteiger partial charge in [-0.15, -0.1) is 10.2 Å². The Bertz CT molecular complexity index is 963. The Morgan fingerprint density at radius 1 is 1.25 bits per heavy atom. The first-order valence-electron chi connectivity index (χ1n) is 7.11. The lowest BCUT2D eigenvalue weighted by Crippen LogP contribution is -1.97. The number of nitrogens with one attached hydrogen (secondary N) is 1. The van der Waals surface area contributed by atoms with Gasteiger partial charge < -0.3 is 14.8 Å². The molecular formula is C17H14ClN3O3. The van der Waals surface area contributed by atoms with Crippen molar-refractivity contribution in [2.24, 2.45) is 10.2 Å².